The Bertz CT molecular complexity index is 681. The van der Waals surface area contributed by atoms with Crippen LogP contribution < -0.4 is 10.6 Å². The Labute approximate surface area is 120 Å². The Morgan fingerprint density at radius 3 is 2.81 bits per heavy atom. The van der Waals surface area contributed by atoms with E-state index in [-0.39, 0.29) is 23.5 Å². The lowest BCUT2D eigenvalue weighted by atomic mass is 10.1. The van der Waals surface area contributed by atoms with Crippen molar-refractivity contribution in [2.24, 2.45) is 0 Å². The number of benzene rings is 1. The molecule has 0 atom stereocenters. The molecule has 0 saturated carbocycles. The summed E-state index contributed by atoms with van der Waals surface area (Å²) in [7, 11) is 1.56. The third kappa shape index (κ3) is 3.16. The lowest BCUT2D eigenvalue weighted by Crippen LogP contribution is -2.23. The number of aromatic nitrogens is 1. The van der Waals surface area contributed by atoms with Crippen molar-refractivity contribution in [1.82, 2.24) is 10.5 Å². The summed E-state index contributed by atoms with van der Waals surface area (Å²) in [4.78, 5) is 22.7. The second kappa shape index (κ2) is 6.04. The van der Waals surface area contributed by atoms with Crippen LogP contribution in [0, 0.1) is 17.0 Å². The Balaban J connectivity index is 2.20. The lowest BCUT2D eigenvalue weighted by Gasteiger charge is -2.07. The molecule has 0 aliphatic heterocycles. The first-order valence-corrected chi connectivity index (χ1v) is 6.18. The Hall–Kier alpha value is -2.90. The number of nitro groups is 1. The van der Waals surface area contributed by atoms with E-state index in [1.165, 1.54) is 12.1 Å². The van der Waals surface area contributed by atoms with Gasteiger partial charge in [0, 0.05) is 13.1 Å². The van der Waals surface area contributed by atoms with Crippen LogP contribution in [-0.4, -0.2) is 23.0 Å². The Morgan fingerprint density at radius 1 is 1.48 bits per heavy atom. The van der Waals surface area contributed by atoms with Crippen LogP contribution >= 0.6 is 0 Å². The number of aryl methyl sites for hydroxylation is 1. The van der Waals surface area contributed by atoms with Gasteiger partial charge < -0.3 is 15.2 Å². The fraction of sp³-hybridized carbons (Fsp3) is 0.231. The molecule has 2 aromatic rings. The number of carbonyl (C=O) groups is 1. The van der Waals surface area contributed by atoms with Gasteiger partial charge in [0.25, 0.3) is 5.91 Å². The maximum Gasteiger partial charge on any atom is 0.305 e. The van der Waals surface area contributed by atoms with Crippen molar-refractivity contribution >= 4 is 17.3 Å². The highest BCUT2D eigenvalue weighted by atomic mass is 16.6. The molecule has 1 amide bonds. The first-order chi connectivity index (χ1) is 10.0. The maximum atomic E-state index is 12.1. The number of rotatable bonds is 5. The van der Waals surface area contributed by atoms with E-state index in [1.807, 2.05) is 0 Å². The molecule has 110 valence electrons. The molecule has 0 aliphatic rings. The SMILES string of the molecule is CNc1cccc(C(=O)NCc2cc(C)no2)c1[N+](=O)[O-]. The monoisotopic (exact) mass is 290 g/mol. The van der Waals surface area contributed by atoms with E-state index in [0.717, 1.165) is 0 Å². The van der Waals surface area contributed by atoms with Crippen molar-refractivity contribution in [2.45, 2.75) is 13.5 Å². The Kier molecular flexibility index (Phi) is 4.17. The summed E-state index contributed by atoms with van der Waals surface area (Å²) in [6.07, 6.45) is 0. The van der Waals surface area contributed by atoms with E-state index in [9.17, 15) is 14.9 Å². The third-order valence-electron chi connectivity index (χ3n) is 2.83. The predicted octanol–water partition coefficient (Wildman–Crippen LogP) is 1.86. The first kappa shape index (κ1) is 14.5. The summed E-state index contributed by atoms with van der Waals surface area (Å²) in [5.41, 5.74) is 0.708. The normalized spacial score (nSPS) is 10.2. The molecule has 0 saturated heterocycles. The molecule has 1 aromatic heterocycles. The number of nitrogens with one attached hydrogen (secondary N) is 2. The van der Waals surface area contributed by atoms with Crippen molar-refractivity contribution in [3.63, 3.8) is 0 Å². The molecule has 8 nitrogen and oxygen atoms in total. The van der Waals surface area contributed by atoms with Crippen molar-refractivity contribution in [2.75, 3.05) is 12.4 Å². The maximum absolute atomic E-state index is 12.1. The van der Waals surface area contributed by atoms with Gasteiger partial charge in [-0.25, -0.2) is 0 Å². The summed E-state index contributed by atoms with van der Waals surface area (Å²) in [6, 6.07) is 6.19. The second-order valence-corrected chi connectivity index (χ2v) is 4.33. The van der Waals surface area contributed by atoms with Crippen molar-refractivity contribution in [3.8, 4) is 0 Å². The van der Waals surface area contributed by atoms with Crippen LogP contribution in [0.3, 0.4) is 0 Å². The van der Waals surface area contributed by atoms with Crippen molar-refractivity contribution in [1.29, 1.82) is 0 Å². The second-order valence-electron chi connectivity index (χ2n) is 4.33. The summed E-state index contributed by atoms with van der Waals surface area (Å²) >= 11 is 0. The molecular formula is C13H14N4O4. The zero-order valence-corrected chi connectivity index (χ0v) is 11.5. The molecule has 2 N–H and O–H groups in total. The number of amides is 1. The van der Waals surface area contributed by atoms with Crippen LogP contribution in [0.4, 0.5) is 11.4 Å². The first-order valence-electron chi connectivity index (χ1n) is 6.18. The largest absolute Gasteiger partial charge is 0.383 e. The topological polar surface area (TPSA) is 110 Å². The van der Waals surface area contributed by atoms with Gasteiger partial charge in [-0.05, 0) is 19.1 Å². The molecule has 0 bridgehead atoms. The molecule has 0 aliphatic carbocycles. The molecule has 1 heterocycles. The lowest BCUT2D eigenvalue weighted by molar-refractivity contribution is -0.384. The van der Waals surface area contributed by atoms with Gasteiger partial charge in [-0.3, -0.25) is 14.9 Å². The number of anilines is 1. The van der Waals surface area contributed by atoms with Gasteiger partial charge in [-0.1, -0.05) is 11.2 Å². The minimum atomic E-state index is -0.584. The van der Waals surface area contributed by atoms with Gasteiger partial charge in [-0.15, -0.1) is 0 Å². The molecule has 0 unspecified atom stereocenters. The van der Waals surface area contributed by atoms with Gasteiger partial charge >= 0.3 is 5.69 Å². The van der Waals surface area contributed by atoms with Crippen LogP contribution in [0.25, 0.3) is 0 Å². The molecule has 21 heavy (non-hydrogen) atoms. The smallest absolute Gasteiger partial charge is 0.305 e. The van der Waals surface area contributed by atoms with E-state index < -0.39 is 10.8 Å². The molecule has 0 spiro atoms. The standard InChI is InChI=1S/C13H14N4O4/c1-8-6-9(21-16-8)7-15-13(18)10-4-3-5-11(14-2)12(10)17(19)20/h3-6,14H,7H2,1-2H3,(H,15,18). The van der Waals surface area contributed by atoms with Crippen LogP contribution in [0.5, 0.6) is 0 Å². The van der Waals surface area contributed by atoms with Crippen LogP contribution in [-0.2, 0) is 6.54 Å². The predicted molar refractivity (Wildman–Crippen MR) is 75.1 cm³/mol. The molecule has 1 aromatic carbocycles. The average molecular weight is 290 g/mol. The van der Waals surface area contributed by atoms with E-state index in [4.69, 9.17) is 4.52 Å². The van der Waals surface area contributed by atoms with Crippen LogP contribution in [0.15, 0.2) is 28.8 Å². The zero-order valence-electron chi connectivity index (χ0n) is 11.5. The van der Waals surface area contributed by atoms with Gasteiger partial charge in [0.15, 0.2) is 5.76 Å². The quantitative estimate of drug-likeness (QED) is 0.642. The number of nitrogens with zero attached hydrogens (tertiary/aromatic N) is 2. The summed E-state index contributed by atoms with van der Waals surface area (Å²) in [6.45, 7) is 1.87. The van der Waals surface area contributed by atoms with E-state index in [0.29, 0.717) is 11.5 Å². The van der Waals surface area contributed by atoms with Crippen molar-refractivity contribution < 1.29 is 14.2 Å². The van der Waals surface area contributed by atoms with Gasteiger partial charge in [0.1, 0.15) is 11.3 Å². The molecule has 0 radical (unpaired) electrons. The number of para-hydroxylation sites is 1. The van der Waals surface area contributed by atoms with Gasteiger partial charge in [0.05, 0.1) is 17.2 Å². The zero-order chi connectivity index (χ0) is 15.4. The molecular weight excluding hydrogens is 276 g/mol. The number of nitro benzene ring substituents is 1. The summed E-state index contributed by atoms with van der Waals surface area (Å²) < 4.78 is 4.96. The van der Waals surface area contributed by atoms with Gasteiger partial charge in [0.2, 0.25) is 0 Å². The van der Waals surface area contributed by atoms with E-state index in [1.54, 1.807) is 26.1 Å². The fourth-order valence-electron chi connectivity index (χ4n) is 1.89. The number of hydrogen-bond donors (Lipinski definition) is 2. The minimum Gasteiger partial charge on any atom is -0.383 e. The summed E-state index contributed by atoms with van der Waals surface area (Å²) in [5.74, 6) is -0.0684. The number of hydrogen-bond acceptors (Lipinski definition) is 6. The van der Waals surface area contributed by atoms with E-state index in [2.05, 4.69) is 15.8 Å². The Morgan fingerprint density at radius 2 is 2.24 bits per heavy atom. The molecule has 2 rings (SSSR count). The van der Waals surface area contributed by atoms with Crippen molar-refractivity contribution in [3.05, 3.63) is 51.4 Å². The minimum absolute atomic E-state index is 0.0110. The highest BCUT2D eigenvalue weighted by molar-refractivity contribution is 6.00. The van der Waals surface area contributed by atoms with Crippen LogP contribution in [0.1, 0.15) is 21.8 Å². The molecule has 0 fully saturated rings. The highest BCUT2D eigenvalue weighted by Gasteiger charge is 2.23. The van der Waals surface area contributed by atoms with Gasteiger partial charge in [-0.2, -0.15) is 0 Å². The fourth-order valence-corrected chi connectivity index (χ4v) is 1.89. The average Bonchev–Trinajstić information content (AvgIpc) is 2.89. The van der Waals surface area contributed by atoms with E-state index >= 15 is 0 Å². The summed E-state index contributed by atoms with van der Waals surface area (Å²) in [5, 5.41) is 20.1. The molecule has 8 heteroatoms. The third-order valence-corrected chi connectivity index (χ3v) is 2.83. The number of carbonyl (C=O) groups excluding carboxylic acids is 1. The van der Waals surface area contributed by atoms with Crippen LogP contribution in [0.2, 0.25) is 0 Å². The highest BCUT2D eigenvalue weighted by Crippen LogP contribution is 2.28.